The lowest BCUT2D eigenvalue weighted by Crippen LogP contribution is -3.14. The quantitative estimate of drug-likeness (QED) is 0.645. The molecule has 1 saturated heterocycles. The number of rotatable bonds is 4. The summed E-state index contributed by atoms with van der Waals surface area (Å²) in [4.78, 5) is 11.2. The average Bonchev–Trinajstić information content (AvgIpc) is 3.13. The fraction of sp³-hybridized carbons (Fsp3) is 0.444. The lowest BCUT2D eigenvalue weighted by atomic mass is 10.2. The van der Waals surface area contributed by atoms with Crippen molar-refractivity contribution in [3.63, 3.8) is 0 Å². The van der Waals surface area contributed by atoms with Gasteiger partial charge < -0.3 is 24.6 Å². The van der Waals surface area contributed by atoms with E-state index in [2.05, 4.69) is 9.97 Å². The number of benzene rings is 1. The second-order valence-corrected chi connectivity index (χ2v) is 6.81. The van der Waals surface area contributed by atoms with Crippen LogP contribution in [0.1, 0.15) is 11.4 Å². The Labute approximate surface area is 146 Å². The molecule has 0 radical (unpaired) electrons. The van der Waals surface area contributed by atoms with Crippen LogP contribution in [0, 0.1) is 12.3 Å². The first-order valence-corrected chi connectivity index (χ1v) is 8.76. The number of nitrogens with one attached hydrogen (secondary N) is 3. The summed E-state index contributed by atoms with van der Waals surface area (Å²) in [5.41, 5.74) is 3.45. The number of H-pyrrole nitrogens is 1. The number of nitrogens with zero attached hydrogens (tertiary/aromatic N) is 2. The Bertz CT molecular complexity index is 835. The zero-order valence-electron chi connectivity index (χ0n) is 14.4. The van der Waals surface area contributed by atoms with Crippen LogP contribution >= 0.6 is 0 Å². The van der Waals surface area contributed by atoms with Crippen LogP contribution in [0.25, 0.3) is 16.6 Å². The minimum atomic E-state index is 0.220. The maximum Gasteiger partial charge on any atom is 0.145 e. The van der Waals surface area contributed by atoms with Crippen LogP contribution in [0.4, 0.5) is 0 Å². The molecular formula is C18H24N5O2+. The van der Waals surface area contributed by atoms with Crippen molar-refractivity contribution in [2.45, 2.75) is 6.92 Å². The zero-order chi connectivity index (χ0) is 17.4. The summed E-state index contributed by atoms with van der Waals surface area (Å²) in [6, 6.07) is 6.00. The first-order chi connectivity index (χ1) is 12.1. The predicted molar refractivity (Wildman–Crippen MR) is 96.1 cm³/mol. The summed E-state index contributed by atoms with van der Waals surface area (Å²) >= 11 is 0. The topological polar surface area (TPSA) is 89.7 Å². The fourth-order valence-electron chi connectivity index (χ4n) is 3.52. The zero-order valence-corrected chi connectivity index (χ0v) is 14.4. The lowest BCUT2D eigenvalue weighted by Gasteiger charge is -2.26. The third-order valence-corrected chi connectivity index (χ3v) is 4.99. The van der Waals surface area contributed by atoms with Gasteiger partial charge in [-0.2, -0.15) is 0 Å². The van der Waals surface area contributed by atoms with Crippen molar-refractivity contribution < 1.29 is 14.7 Å². The van der Waals surface area contributed by atoms with Crippen LogP contribution in [0.15, 0.2) is 24.0 Å². The van der Waals surface area contributed by atoms with Crippen LogP contribution in [0.3, 0.4) is 0 Å². The molecule has 0 amide bonds. The van der Waals surface area contributed by atoms with E-state index in [9.17, 15) is 5.11 Å². The van der Waals surface area contributed by atoms with Crippen LogP contribution in [0.5, 0.6) is 0 Å². The number of hydrogen-bond donors (Lipinski definition) is 4. The van der Waals surface area contributed by atoms with Gasteiger partial charge in [0.1, 0.15) is 30.5 Å². The molecule has 0 aliphatic carbocycles. The SMILES string of the molecule is Cc1ccc2nc(C3=C(O)CN(CC[NH+]4CCOCC4)C3=N)[nH]c2c1. The molecule has 3 heterocycles. The third kappa shape index (κ3) is 3.12. The maximum absolute atomic E-state index is 10.4. The second-order valence-electron chi connectivity index (χ2n) is 6.81. The molecule has 2 aliphatic rings. The molecule has 0 atom stereocenters. The Morgan fingerprint density at radius 3 is 2.96 bits per heavy atom. The number of amidine groups is 1. The van der Waals surface area contributed by atoms with Gasteiger partial charge in [0.2, 0.25) is 0 Å². The Kier molecular flexibility index (Phi) is 4.19. The fourth-order valence-corrected chi connectivity index (χ4v) is 3.52. The van der Waals surface area contributed by atoms with Gasteiger partial charge >= 0.3 is 0 Å². The summed E-state index contributed by atoms with van der Waals surface area (Å²) in [6.07, 6.45) is 0. The van der Waals surface area contributed by atoms with E-state index in [4.69, 9.17) is 10.1 Å². The molecule has 7 heteroatoms. The van der Waals surface area contributed by atoms with Crippen molar-refractivity contribution in [3.05, 3.63) is 35.3 Å². The number of fused-ring (bicyclic) bond motifs is 1. The number of imidazole rings is 1. The van der Waals surface area contributed by atoms with Gasteiger partial charge in [0, 0.05) is 0 Å². The Balaban J connectivity index is 1.49. The number of aryl methyl sites for hydroxylation is 1. The molecule has 0 saturated carbocycles. The van der Waals surface area contributed by atoms with E-state index < -0.39 is 0 Å². The largest absolute Gasteiger partial charge is 0.510 e. The van der Waals surface area contributed by atoms with Gasteiger partial charge in [0.25, 0.3) is 0 Å². The van der Waals surface area contributed by atoms with E-state index in [1.807, 2.05) is 30.0 Å². The highest BCUT2D eigenvalue weighted by molar-refractivity contribution is 6.23. The molecule has 0 unspecified atom stereocenters. The summed E-state index contributed by atoms with van der Waals surface area (Å²) in [6.45, 7) is 7.75. The predicted octanol–water partition coefficient (Wildman–Crippen LogP) is 0.348. The molecule has 0 spiro atoms. The number of morpholine rings is 1. The number of ether oxygens (including phenoxy) is 1. The van der Waals surface area contributed by atoms with Crippen molar-refractivity contribution >= 4 is 22.4 Å². The minimum Gasteiger partial charge on any atom is -0.510 e. The Morgan fingerprint density at radius 2 is 2.16 bits per heavy atom. The van der Waals surface area contributed by atoms with Crippen molar-refractivity contribution in [2.75, 3.05) is 45.9 Å². The van der Waals surface area contributed by atoms with Crippen molar-refractivity contribution in [1.29, 1.82) is 5.41 Å². The first kappa shape index (κ1) is 16.1. The van der Waals surface area contributed by atoms with E-state index in [0.29, 0.717) is 23.8 Å². The molecule has 1 aromatic carbocycles. The highest BCUT2D eigenvalue weighted by atomic mass is 16.5. The molecule has 7 nitrogen and oxygen atoms in total. The van der Waals surface area contributed by atoms with Crippen molar-refractivity contribution in [3.8, 4) is 0 Å². The van der Waals surface area contributed by atoms with E-state index in [-0.39, 0.29) is 5.76 Å². The summed E-state index contributed by atoms with van der Waals surface area (Å²) in [5, 5.41) is 18.9. The molecule has 2 aromatic rings. The van der Waals surface area contributed by atoms with Gasteiger partial charge in [-0.05, 0) is 24.6 Å². The highest BCUT2D eigenvalue weighted by Gasteiger charge is 2.31. The van der Waals surface area contributed by atoms with Gasteiger partial charge in [-0.25, -0.2) is 4.98 Å². The molecule has 25 heavy (non-hydrogen) atoms. The molecule has 1 aromatic heterocycles. The molecule has 4 rings (SSSR count). The third-order valence-electron chi connectivity index (χ3n) is 4.99. The monoisotopic (exact) mass is 342 g/mol. The molecule has 132 valence electrons. The average molecular weight is 342 g/mol. The van der Waals surface area contributed by atoms with Crippen LogP contribution in [-0.4, -0.2) is 71.7 Å². The van der Waals surface area contributed by atoms with Gasteiger partial charge in [-0.1, -0.05) is 6.07 Å². The number of aromatic nitrogens is 2. The molecule has 0 bridgehead atoms. The van der Waals surface area contributed by atoms with Crippen molar-refractivity contribution in [2.24, 2.45) is 0 Å². The normalized spacial score (nSPS) is 19.4. The standard InChI is InChI=1S/C18H23N5O2/c1-12-2-3-13-14(10-12)21-18(20-13)16-15(24)11-23(17(16)19)5-4-22-6-8-25-9-7-22/h2-3,10,19,24H,4-9,11H2,1H3,(H,20,21)/p+1. The number of aliphatic hydroxyl groups excluding tert-OH is 1. The summed E-state index contributed by atoms with van der Waals surface area (Å²) in [5.74, 6) is 1.14. The van der Waals surface area contributed by atoms with Gasteiger partial charge in [0.15, 0.2) is 0 Å². The minimum absolute atomic E-state index is 0.220. The van der Waals surface area contributed by atoms with Crippen molar-refractivity contribution in [1.82, 2.24) is 14.9 Å². The first-order valence-electron chi connectivity index (χ1n) is 8.76. The Hall–Kier alpha value is -2.38. The van der Waals surface area contributed by atoms with Gasteiger partial charge in [0.05, 0.1) is 49.5 Å². The second kappa shape index (κ2) is 6.50. The number of aliphatic hydroxyl groups is 1. The van der Waals surface area contributed by atoms with Crippen LogP contribution in [0.2, 0.25) is 0 Å². The molecular weight excluding hydrogens is 318 g/mol. The Morgan fingerprint density at radius 1 is 1.36 bits per heavy atom. The van der Waals surface area contributed by atoms with E-state index in [0.717, 1.165) is 56.0 Å². The van der Waals surface area contributed by atoms with Crippen LogP contribution in [-0.2, 0) is 4.74 Å². The number of aromatic amines is 1. The van der Waals surface area contributed by atoms with E-state index in [1.54, 1.807) is 0 Å². The summed E-state index contributed by atoms with van der Waals surface area (Å²) in [7, 11) is 0. The summed E-state index contributed by atoms with van der Waals surface area (Å²) < 4.78 is 5.38. The highest BCUT2D eigenvalue weighted by Crippen LogP contribution is 2.27. The maximum atomic E-state index is 10.4. The molecule has 1 fully saturated rings. The van der Waals surface area contributed by atoms with E-state index >= 15 is 0 Å². The lowest BCUT2D eigenvalue weighted by molar-refractivity contribution is -0.907. The van der Waals surface area contributed by atoms with Crippen LogP contribution < -0.4 is 4.90 Å². The smallest absolute Gasteiger partial charge is 0.145 e. The number of quaternary nitrogens is 1. The van der Waals surface area contributed by atoms with Gasteiger partial charge in [-0.3, -0.25) is 5.41 Å². The number of hydrogen-bond acceptors (Lipinski definition) is 4. The van der Waals surface area contributed by atoms with Gasteiger partial charge in [-0.15, -0.1) is 0 Å². The van der Waals surface area contributed by atoms with E-state index in [1.165, 1.54) is 4.90 Å². The molecule has 2 aliphatic heterocycles. The molecule has 4 N–H and O–H groups in total.